The molecule has 37 heavy (non-hydrogen) atoms. The Morgan fingerprint density at radius 2 is 1.97 bits per heavy atom. The number of carbonyl (C=O) groups is 1. The number of amides is 1. The number of hydrogen-bond acceptors (Lipinski definition) is 5. The van der Waals surface area contributed by atoms with Crippen molar-refractivity contribution < 1.29 is 13.9 Å². The first-order valence-corrected chi connectivity index (χ1v) is 12.5. The summed E-state index contributed by atoms with van der Waals surface area (Å²) in [6, 6.07) is 22.5. The van der Waals surface area contributed by atoms with Crippen molar-refractivity contribution >= 4 is 46.2 Å². The van der Waals surface area contributed by atoms with E-state index in [2.05, 4.69) is 15.6 Å². The molecule has 9 heteroatoms. The van der Waals surface area contributed by atoms with Crippen molar-refractivity contribution in [3.8, 4) is 11.3 Å². The first-order valence-electron chi connectivity index (χ1n) is 11.7. The van der Waals surface area contributed by atoms with E-state index >= 15 is 0 Å². The Morgan fingerprint density at radius 1 is 1.16 bits per heavy atom. The van der Waals surface area contributed by atoms with E-state index in [4.69, 9.17) is 33.0 Å². The maximum atomic E-state index is 11.9. The molecule has 0 spiro atoms. The van der Waals surface area contributed by atoms with Gasteiger partial charge in [-0.05, 0) is 79.3 Å². The van der Waals surface area contributed by atoms with Gasteiger partial charge in [0.2, 0.25) is 5.91 Å². The average molecular weight is 533 g/mol. The van der Waals surface area contributed by atoms with Gasteiger partial charge < -0.3 is 24.7 Å². The maximum Gasteiger partial charge on any atom is 0.250 e. The molecule has 1 aliphatic heterocycles. The number of anilines is 2. The Bertz CT molecular complexity index is 1430. The predicted octanol–water partition coefficient (Wildman–Crippen LogP) is 6.07. The SMILES string of the molecule is COCC(=O)Nc1ccc(N2C(=S)N[C@H](c3ccccn3)[C@@H]2c2ccc(-c3ccc(C)c(Cl)c3)o2)cc1. The lowest BCUT2D eigenvalue weighted by molar-refractivity contribution is -0.119. The number of nitrogens with one attached hydrogen (secondary N) is 2. The normalized spacial score (nSPS) is 17.1. The fraction of sp³-hybridized carbons (Fsp3) is 0.179. The molecule has 2 atom stereocenters. The quantitative estimate of drug-likeness (QED) is 0.280. The van der Waals surface area contributed by atoms with E-state index in [0.717, 1.165) is 28.3 Å². The molecule has 0 aliphatic carbocycles. The van der Waals surface area contributed by atoms with Crippen LogP contribution in [0.3, 0.4) is 0 Å². The summed E-state index contributed by atoms with van der Waals surface area (Å²) < 4.78 is 11.3. The number of hydrogen-bond donors (Lipinski definition) is 2. The van der Waals surface area contributed by atoms with E-state index in [1.165, 1.54) is 7.11 Å². The lowest BCUT2D eigenvalue weighted by Crippen LogP contribution is -2.29. The standard InChI is InChI=1S/C28H25ClN4O3S/c1-17-6-7-18(15-21(17)29)23-12-13-24(36-23)27-26(22-5-3-4-14-30-22)32-28(37)33(27)20-10-8-19(9-11-20)31-25(34)16-35-2/h3-15,26-27H,16H2,1-2H3,(H,31,34)(H,32,37)/t26-,27+/m1/s1. The highest BCUT2D eigenvalue weighted by Gasteiger charge is 2.42. The minimum absolute atomic E-state index is 0.0112. The largest absolute Gasteiger partial charge is 0.459 e. The van der Waals surface area contributed by atoms with Gasteiger partial charge in [0.1, 0.15) is 24.2 Å². The van der Waals surface area contributed by atoms with Crippen LogP contribution < -0.4 is 15.5 Å². The molecular weight excluding hydrogens is 508 g/mol. The highest BCUT2D eigenvalue weighted by Crippen LogP contribution is 2.43. The molecule has 2 N–H and O–H groups in total. The summed E-state index contributed by atoms with van der Waals surface area (Å²) >= 11 is 12.2. The molecular formula is C28H25ClN4O3S. The van der Waals surface area contributed by atoms with Crippen molar-refractivity contribution in [2.45, 2.75) is 19.0 Å². The van der Waals surface area contributed by atoms with Crippen LogP contribution in [0.15, 0.2) is 83.4 Å². The van der Waals surface area contributed by atoms with Gasteiger partial charge in [0, 0.05) is 35.3 Å². The molecule has 5 rings (SSSR count). The van der Waals surface area contributed by atoms with Gasteiger partial charge in [0.15, 0.2) is 5.11 Å². The van der Waals surface area contributed by atoms with Crippen molar-refractivity contribution in [2.75, 3.05) is 23.9 Å². The number of aromatic nitrogens is 1. The number of carbonyl (C=O) groups excluding carboxylic acids is 1. The Balaban J connectivity index is 1.51. The third kappa shape index (κ3) is 5.22. The minimum Gasteiger partial charge on any atom is -0.459 e. The van der Waals surface area contributed by atoms with Crippen LogP contribution in [-0.2, 0) is 9.53 Å². The topological polar surface area (TPSA) is 79.6 Å². The van der Waals surface area contributed by atoms with Crippen molar-refractivity contribution in [1.82, 2.24) is 10.3 Å². The molecule has 0 radical (unpaired) electrons. The van der Waals surface area contributed by atoms with Gasteiger partial charge in [0.25, 0.3) is 0 Å². The maximum absolute atomic E-state index is 11.9. The molecule has 0 bridgehead atoms. The highest BCUT2D eigenvalue weighted by atomic mass is 35.5. The zero-order valence-electron chi connectivity index (χ0n) is 20.3. The Morgan fingerprint density at radius 3 is 2.68 bits per heavy atom. The van der Waals surface area contributed by atoms with Crippen molar-refractivity contribution in [3.63, 3.8) is 0 Å². The summed E-state index contributed by atoms with van der Waals surface area (Å²) in [6.45, 7) is 1.96. The molecule has 1 amide bonds. The summed E-state index contributed by atoms with van der Waals surface area (Å²) in [5, 5.41) is 7.47. The van der Waals surface area contributed by atoms with Gasteiger partial charge in [-0.2, -0.15) is 0 Å². The number of pyridine rings is 1. The molecule has 2 aromatic carbocycles. The molecule has 3 heterocycles. The van der Waals surface area contributed by atoms with Crippen molar-refractivity contribution in [2.24, 2.45) is 0 Å². The number of aryl methyl sites for hydroxylation is 1. The van der Waals surface area contributed by atoms with Crippen molar-refractivity contribution in [1.29, 1.82) is 0 Å². The second-order valence-corrected chi connectivity index (χ2v) is 9.48. The molecule has 1 fully saturated rings. The summed E-state index contributed by atoms with van der Waals surface area (Å²) in [6.07, 6.45) is 1.76. The van der Waals surface area contributed by atoms with Crippen LogP contribution in [-0.4, -0.2) is 29.7 Å². The van der Waals surface area contributed by atoms with E-state index in [0.29, 0.717) is 21.6 Å². The average Bonchev–Trinajstić information content (AvgIpc) is 3.51. The molecule has 7 nitrogen and oxygen atoms in total. The number of rotatable bonds is 7. The summed E-state index contributed by atoms with van der Waals surface area (Å²) in [5.74, 6) is 1.22. The lowest BCUT2D eigenvalue weighted by atomic mass is 10.0. The summed E-state index contributed by atoms with van der Waals surface area (Å²) in [7, 11) is 1.48. The van der Waals surface area contributed by atoms with E-state index in [9.17, 15) is 4.79 Å². The van der Waals surface area contributed by atoms with Gasteiger partial charge in [0.05, 0.1) is 11.7 Å². The molecule has 4 aromatic rings. The predicted molar refractivity (Wildman–Crippen MR) is 149 cm³/mol. The zero-order valence-corrected chi connectivity index (χ0v) is 21.8. The number of thiocarbonyl (C=S) groups is 1. The van der Waals surface area contributed by atoms with Crippen molar-refractivity contribution in [3.05, 3.63) is 101 Å². The van der Waals surface area contributed by atoms with Crippen LogP contribution in [0.25, 0.3) is 11.3 Å². The Labute approximate surface area is 225 Å². The highest BCUT2D eigenvalue weighted by molar-refractivity contribution is 7.80. The minimum atomic E-state index is -0.300. The summed E-state index contributed by atoms with van der Waals surface area (Å²) in [5.41, 5.74) is 4.26. The third-order valence-electron chi connectivity index (χ3n) is 6.18. The first kappa shape index (κ1) is 25.0. The van der Waals surface area contributed by atoms with Crippen LogP contribution in [0.4, 0.5) is 11.4 Å². The van der Waals surface area contributed by atoms with Gasteiger partial charge in [-0.25, -0.2) is 0 Å². The smallest absolute Gasteiger partial charge is 0.250 e. The number of furan rings is 1. The van der Waals surface area contributed by atoms with E-state index in [1.54, 1.807) is 6.20 Å². The second-order valence-electron chi connectivity index (χ2n) is 8.69. The number of halogens is 1. The van der Waals surface area contributed by atoms with Crippen LogP contribution in [0, 0.1) is 6.92 Å². The molecule has 188 valence electrons. The zero-order chi connectivity index (χ0) is 25.9. The molecule has 1 aliphatic rings. The van der Waals surface area contributed by atoms with Gasteiger partial charge in [-0.3, -0.25) is 9.78 Å². The molecule has 0 unspecified atom stereocenters. The summed E-state index contributed by atoms with van der Waals surface area (Å²) in [4.78, 5) is 18.5. The molecule has 2 aromatic heterocycles. The van der Waals surface area contributed by atoms with Crippen LogP contribution in [0.2, 0.25) is 5.02 Å². The fourth-order valence-corrected chi connectivity index (χ4v) is 4.89. The van der Waals surface area contributed by atoms with Crippen LogP contribution in [0.1, 0.15) is 29.1 Å². The van der Waals surface area contributed by atoms with E-state index in [-0.39, 0.29) is 24.6 Å². The number of benzene rings is 2. The van der Waals surface area contributed by atoms with Gasteiger partial charge in [-0.15, -0.1) is 0 Å². The van der Waals surface area contributed by atoms with Gasteiger partial charge in [-0.1, -0.05) is 29.8 Å². The number of methoxy groups -OCH3 is 1. The van der Waals surface area contributed by atoms with Crippen LogP contribution >= 0.6 is 23.8 Å². The first-order chi connectivity index (χ1) is 17.9. The molecule has 1 saturated heterocycles. The van der Waals surface area contributed by atoms with Crippen LogP contribution in [0.5, 0.6) is 0 Å². The Kier molecular flexibility index (Phi) is 7.23. The van der Waals surface area contributed by atoms with E-state index < -0.39 is 0 Å². The Hall–Kier alpha value is -3.72. The molecule has 0 saturated carbocycles. The lowest BCUT2D eigenvalue weighted by Gasteiger charge is -2.26. The number of nitrogens with zero attached hydrogens (tertiary/aromatic N) is 2. The number of ether oxygens (including phenoxy) is 1. The van der Waals surface area contributed by atoms with E-state index in [1.807, 2.05) is 84.6 Å². The second kappa shape index (κ2) is 10.7. The van der Waals surface area contributed by atoms with Gasteiger partial charge >= 0.3 is 0 Å². The third-order valence-corrected chi connectivity index (χ3v) is 6.90. The monoisotopic (exact) mass is 532 g/mol. The fourth-order valence-electron chi connectivity index (χ4n) is 4.37.